The molecule has 1 aromatic rings. The van der Waals surface area contributed by atoms with E-state index in [0.29, 0.717) is 38.0 Å². The molecular formula is C19H27N3O4S. The Balaban J connectivity index is 1.70. The second kappa shape index (κ2) is 7.98. The number of piperidine rings is 2. The lowest BCUT2D eigenvalue weighted by Crippen LogP contribution is -2.42. The van der Waals surface area contributed by atoms with Gasteiger partial charge in [-0.05, 0) is 56.9 Å². The van der Waals surface area contributed by atoms with E-state index in [1.165, 1.54) is 12.1 Å². The van der Waals surface area contributed by atoms with Gasteiger partial charge in [-0.15, -0.1) is 0 Å². The first-order valence-electron chi connectivity index (χ1n) is 9.51. The molecule has 0 saturated carbocycles. The quantitative estimate of drug-likeness (QED) is 0.839. The number of likely N-dealkylation sites (tertiary alicyclic amines) is 1. The lowest BCUT2D eigenvalue weighted by molar-refractivity contribution is -0.123. The highest BCUT2D eigenvalue weighted by atomic mass is 32.2. The molecule has 2 N–H and O–H groups in total. The van der Waals surface area contributed by atoms with Crippen molar-refractivity contribution < 1.29 is 18.0 Å². The molecule has 3 rings (SSSR count). The van der Waals surface area contributed by atoms with E-state index in [2.05, 4.69) is 0 Å². The largest absolute Gasteiger partial charge is 0.369 e. The maximum atomic E-state index is 12.9. The van der Waals surface area contributed by atoms with E-state index >= 15 is 0 Å². The normalized spacial score (nSPS) is 22.6. The zero-order valence-electron chi connectivity index (χ0n) is 15.6. The standard InChI is InChI=1S/C19H27N3O4S/c1-14-4-2-3-11-22(14)27(25,26)17-7-5-16(6-8-17)19(24)21-12-9-15(10-13-21)18(20)23/h5-8,14-15H,2-4,9-13H2,1H3,(H2,20,23). The van der Waals surface area contributed by atoms with Gasteiger partial charge in [0.1, 0.15) is 0 Å². The summed E-state index contributed by atoms with van der Waals surface area (Å²) in [4.78, 5) is 25.8. The molecule has 2 fully saturated rings. The average molecular weight is 394 g/mol. The summed E-state index contributed by atoms with van der Waals surface area (Å²) in [5, 5.41) is 0. The molecule has 1 atom stereocenters. The van der Waals surface area contributed by atoms with Crippen LogP contribution in [0.3, 0.4) is 0 Å². The molecule has 2 saturated heterocycles. The van der Waals surface area contributed by atoms with Crippen molar-refractivity contribution in [3.05, 3.63) is 29.8 Å². The van der Waals surface area contributed by atoms with Gasteiger partial charge in [0, 0.05) is 37.2 Å². The number of hydrogen-bond donors (Lipinski definition) is 1. The average Bonchev–Trinajstić information content (AvgIpc) is 2.68. The van der Waals surface area contributed by atoms with Crippen LogP contribution in [0.5, 0.6) is 0 Å². The van der Waals surface area contributed by atoms with Gasteiger partial charge < -0.3 is 10.6 Å². The highest BCUT2D eigenvalue weighted by Crippen LogP contribution is 2.26. The van der Waals surface area contributed by atoms with Crippen LogP contribution in [0.25, 0.3) is 0 Å². The zero-order valence-corrected chi connectivity index (χ0v) is 16.5. The molecule has 0 aromatic heterocycles. The molecule has 7 nitrogen and oxygen atoms in total. The molecule has 2 aliphatic heterocycles. The molecule has 2 amide bonds. The second-order valence-electron chi connectivity index (χ2n) is 7.45. The smallest absolute Gasteiger partial charge is 0.253 e. The van der Waals surface area contributed by atoms with Gasteiger partial charge in [-0.3, -0.25) is 9.59 Å². The summed E-state index contributed by atoms with van der Waals surface area (Å²) in [5.74, 6) is -0.634. The van der Waals surface area contributed by atoms with Gasteiger partial charge in [-0.25, -0.2) is 8.42 Å². The zero-order chi connectivity index (χ0) is 19.6. The maximum Gasteiger partial charge on any atom is 0.253 e. The summed E-state index contributed by atoms with van der Waals surface area (Å²) in [6.07, 6.45) is 3.94. The number of sulfonamides is 1. The maximum absolute atomic E-state index is 12.9. The van der Waals surface area contributed by atoms with Crippen LogP contribution in [-0.2, 0) is 14.8 Å². The van der Waals surface area contributed by atoms with Gasteiger partial charge in [0.2, 0.25) is 15.9 Å². The van der Waals surface area contributed by atoms with Crippen molar-refractivity contribution in [3.8, 4) is 0 Å². The van der Waals surface area contributed by atoms with E-state index in [1.54, 1.807) is 21.3 Å². The molecule has 8 heteroatoms. The number of rotatable bonds is 4. The van der Waals surface area contributed by atoms with Gasteiger partial charge in [-0.2, -0.15) is 4.31 Å². The molecular weight excluding hydrogens is 366 g/mol. The summed E-state index contributed by atoms with van der Waals surface area (Å²) in [5.41, 5.74) is 5.78. The van der Waals surface area contributed by atoms with Gasteiger partial charge in [-0.1, -0.05) is 6.42 Å². The van der Waals surface area contributed by atoms with Crippen molar-refractivity contribution in [1.82, 2.24) is 9.21 Å². The number of benzene rings is 1. The third-order valence-corrected chi connectivity index (χ3v) is 7.66. The predicted octanol–water partition coefficient (Wildman–Crippen LogP) is 1.59. The molecule has 148 valence electrons. The fourth-order valence-electron chi connectivity index (χ4n) is 3.88. The Hall–Kier alpha value is -1.93. The number of carbonyl (C=O) groups is 2. The van der Waals surface area contributed by atoms with Crippen LogP contribution >= 0.6 is 0 Å². The number of primary amides is 1. The fraction of sp³-hybridized carbons (Fsp3) is 0.579. The van der Waals surface area contributed by atoms with E-state index < -0.39 is 10.0 Å². The first-order chi connectivity index (χ1) is 12.8. The monoisotopic (exact) mass is 393 g/mol. The predicted molar refractivity (Wildman–Crippen MR) is 101 cm³/mol. The Morgan fingerprint density at radius 1 is 1.00 bits per heavy atom. The lowest BCUT2D eigenvalue weighted by Gasteiger charge is -2.32. The van der Waals surface area contributed by atoms with E-state index in [0.717, 1.165) is 19.3 Å². The number of nitrogens with zero attached hydrogens (tertiary/aromatic N) is 2. The van der Waals surface area contributed by atoms with Crippen LogP contribution in [0.15, 0.2) is 29.2 Å². The Labute approximate surface area is 160 Å². The van der Waals surface area contributed by atoms with Crippen molar-refractivity contribution >= 4 is 21.8 Å². The van der Waals surface area contributed by atoms with Crippen molar-refractivity contribution in [2.24, 2.45) is 11.7 Å². The van der Waals surface area contributed by atoms with Gasteiger partial charge in [0.15, 0.2) is 0 Å². The molecule has 2 aliphatic rings. The van der Waals surface area contributed by atoms with Gasteiger partial charge in [0.25, 0.3) is 5.91 Å². The Morgan fingerprint density at radius 3 is 2.19 bits per heavy atom. The lowest BCUT2D eigenvalue weighted by atomic mass is 9.96. The van der Waals surface area contributed by atoms with Crippen LogP contribution < -0.4 is 5.73 Å². The minimum Gasteiger partial charge on any atom is -0.369 e. The summed E-state index contributed by atoms with van der Waals surface area (Å²) in [7, 11) is -3.54. The highest BCUT2D eigenvalue weighted by molar-refractivity contribution is 7.89. The van der Waals surface area contributed by atoms with E-state index in [-0.39, 0.29) is 28.7 Å². The van der Waals surface area contributed by atoms with Crippen molar-refractivity contribution in [1.29, 1.82) is 0 Å². The van der Waals surface area contributed by atoms with Crippen LogP contribution in [0.2, 0.25) is 0 Å². The van der Waals surface area contributed by atoms with Crippen LogP contribution in [-0.4, -0.2) is 55.1 Å². The summed E-state index contributed by atoms with van der Waals surface area (Å²) in [6.45, 7) is 3.44. The molecule has 0 spiro atoms. The van der Waals surface area contributed by atoms with Crippen LogP contribution in [0.1, 0.15) is 49.4 Å². The van der Waals surface area contributed by atoms with Crippen molar-refractivity contribution in [2.75, 3.05) is 19.6 Å². The first-order valence-corrected chi connectivity index (χ1v) is 10.9. The van der Waals surface area contributed by atoms with Crippen molar-refractivity contribution in [2.45, 2.75) is 50.0 Å². The highest BCUT2D eigenvalue weighted by Gasteiger charge is 2.31. The summed E-state index contributed by atoms with van der Waals surface area (Å²) >= 11 is 0. The molecule has 0 bridgehead atoms. The van der Waals surface area contributed by atoms with Crippen LogP contribution in [0, 0.1) is 5.92 Å². The Morgan fingerprint density at radius 2 is 1.63 bits per heavy atom. The Kier molecular flexibility index (Phi) is 5.86. The second-order valence-corrected chi connectivity index (χ2v) is 9.34. The van der Waals surface area contributed by atoms with Gasteiger partial charge >= 0.3 is 0 Å². The van der Waals surface area contributed by atoms with Gasteiger partial charge in [0.05, 0.1) is 4.90 Å². The van der Waals surface area contributed by atoms with Crippen molar-refractivity contribution in [3.63, 3.8) is 0 Å². The minimum absolute atomic E-state index is 0.00314. The molecule has 1 aromatic carbocycles. The molecule has 0 aliphatic carbocycles. The van der Waals surface area contributed by atoms with E-state index in [9.17, 15) is 18.0 Å². The number of hydrogen-bond acceptors (Lipinski definition) is 4. The summed E-state index contributed by atoms with van der Waals surface area (Å²) < 4.78 is 27.3. The van der Waals surface area contributed by atoms with Crippen LogP contribution in [0.4, 0.5) is 0 Å². The summed E-state index contributed by atoms with van der Waals surface area (Å²) in [6, 6.07) is 6.17. The molecule has 0 radical (unpaired) electrons. The third kappa shape index (κ3) is 4.16. The molecule has 1 unspecified atom stereocenters. The Bertz CT molecular complexity index is 799. The number of carbonyl (C=O) groups excluding carboxylic acids is 2. The third-order valence-electron chi connectivity index (χ3n) is 5.63. The SMILES string of the molecule is CC1CCCCN1S(=O)(=O)c1ccc(C(=O)N2CCC(C(N)=O)CC2)cc1. The minimum atomic E-state index is -3.54. The fourth-order valence-corrected chi connectivity index (χ4v) is 5.58. The van der Waals surface area contributed by atoms with E-state index in [1.807, 2.05) is 6.92 Å². The molecule has 2 heterocycles. The first kappa shape index (κ1) is 19.8. The van der Waals surface area contributed by atoms with E-state index in [4.69, 9.17) is 5.73 Å². The number of amides is 2. The topological polar surface area (TPSA) is 101 Å². The molecule has 27 heavy (non-hydrogen) atoms. The number of nitrogens with two attached hydrogens (primary N) is 1.